The number of carbonyl (C=O) groups excluding carboxylic acids is 1. The molecule has 136 valence electrons. The third-order valence-electron chi connectivity index (χ3n) is 6.01. The molecule has 3 aliphatic rings. The minimum absolute atomic E-state index is 0.0504. The average Bonchev–Trinajstić information content (AvgIpc) is 3.27. The number of methoxy groups -OCH3 is 1. The SMILES string of the molecule is CO[C@H]1CN(Cc2ccc(N3CCCC3=O)cc2)CC[C@@]12CCCO2. The molecule has 5 nitrogen and oxygen atoms in total. The zero-order valence-corrected chi connectivity index (χ0v) is 15.1. The molecule has 0 unspecified atom stereocenters. The molecule has 5 heteroatoms. The first kappa shape index (κ1) is 17.0. The summed E-state index contributed by atoms with van der Waals surface area (Å²) < 4.78 is 11.9. The molecule has 1 amide bonds. The lowest BCUT2D eigenvalue weighted by atomic mass is 9.85. The molecular weight excluding hydrogens is 316 g/mol. The molecule has 25 heavy (non-hydrogen) atoms. The summed E-state index contributed by atoms with van der Waals surface area (Å²) in [5, 5.41) is 0. The summed E-state index contributed by atoms with van der Waals surface area (Å²) >= 11 is 0. The molecule has 1 aromatic rings. The Bertz CT molecular complexity index is 610. The maximum atomic E-state index is 11.9. The lowest BCUT2D eigenvalue weighted by Crippen LogP contribution is -2.55. The van der Waals surface area contributed by atoms with E-state index in [1.807, 2.05) is 4.90 Å². The quantitative estimate of drug-likeness (QED) is 0.842. The van der Waals surface area contributed by atoms with Gasteiger partial charge in [-0.1, -0.05) is 12.1 Å². The van der Waals surface area contributed by atoms with Crippen molar-refractivity contribution >= 4 is 11.6 Å². The maximum Gasteiger partial charge on any atom is 0.227 e. The molecule has 0 bridgehead atoms. The Morgan fingerprint density at radius 3 is 2.68 bits per heavy atom. The normalized spacial score (nSPS) is 30.5. The predicted molar refractivity (Wildman–Crippen MR) is 96.6 cm³/mol. The molecule has 4 rings (SSSR count). The zero-order valence-electron chi connectivity index (χ0n) is 15.1. The first-order valence-electron chi connectivity index (χ1n) is 9.49. The Hall–Kier alpha value is -1.43. The molecule has 0 radical (unpaired) electrons. The van der Waals surface area contributed by atoms with E-state index >= 15 is 0 Å². The number of anilines is 1. The molecule has 3 saturated heterocycles. The summed E-state index contributed by atoms with van der Waals surface area (Å²) in [6.45, 7) is 4.61. The molecule has 0 N–H and O–H groups in total. The molecule has 0 aromatic heterocycles. The highest BCUT2D eigenvalue weighted by Crippen LogP contribution is 2.37. The van der Waals surface area contributed by atoms with Crippen LogP contribution < -0.4 is 4.90 Å². The minimum Gasteiger partial charge on any atom is -0.377 e. The number of hydrogen-bond acceptors (Lipinski definition) is 4. The number of amides is 1. The highest BCUT2D eigenvalue weighted by Gasteiger charge is 2.46. The van der Waals surface area contributed by atoms with Gasteiger partial charge < -0.3 is 14.4 Å². The fourth-order valence-corrected chi connectivity index (χ4v) is 4.56. The third-order valence-corrected chi connectivity index (χ3v) is 6.01. The van der Waals surface area contributed by atoms with Gasteiger partial charge in [-0.25, -0.2) is 0 Å². The van der Waals surface area contributed by atoms with Crippen molar-refractivity contribution in [3.63, 3.8) is 0 Å². The number of piperidine rings is 1. The Morgan fingerprint density at radius 2 is 2.04 bits per heavy atom. The van der Waals surface area contributed by atoms with Crippen molar-refractivity contribution in [1.29, 1.82) is 0 Å². The molecule has 3 heterocycles. The van der Waals surface area contributed by atoms with Gasteiger partial charge in [0.1, 0.15) is 0 Å². The van der Waals surface area contributed by atoms with Gasteiger partial charge in [0.05, 0.1) is 11.7 Å². The van der Waals surface area contributed by atoms with Gasteiger partial charge in [-0.15, -0.1) is 0 Å². The second-order valence-electron chi connectivity index (χ2n) is 7.54. The molecule has 3 aliphatic heterocycles. The number of ether oxygens (including phenoxy) is 2. The summed E-state index contributed by atoms with van der Waals surface area (Å²) in [6, 6.07) is 8.47. The van der Waals surface area contributed by atoms with Crippen molar-refractivity contribution in [3.05, 3.63) is 29.8 Å². The Labute approximate surface area is 149 Å². The summed E-state index contributed by atoms with van der Waals surface area (Å²) in [5.74, 6) is 0.244. The van der Waals surface area contributed by atoms with Crippen molar-refractivity contribution in [3.8, 4) is 0 Å². The fourth-order valence-electron chi connectivity index (χ4n) is 4.56. The first-order valence-corrected chi connectivity index (χ1v) is 9.49. The first-order chi connectivity index (χ1) is 12.2. The van der Waals surface area contributed by atoms with Crippen LogP contribution in [-0.4, -0.2) is 55.9 Å². The van der Waals surface area contributed by atoms with Crippen LogP contribution in [0.15, 0.2) is 24.3 Å². The van der Waals surface area contributed by atoms with E-state index in [0.717, 1.165) is 64.2 Å². The lowest BCUT2D eigenvalue weighted by Gasteiger charge is -2.44. The van der Waals surface area contributed by atoms with Gasteiger partial charge in [0.2, 0.25) is 5.91 Å². The van der Waals surface area contributed by atoms with E-state index in [-0.39, 0.29) is 17.6 Å². The molecule has 1 aromatic carbocycles. The Morgan fingerprint density at radius 1 is 1.20 bits per heavy atom. The van der Waals surface area contributed by atoms with E-state index in [1.54, 1.807) is 7.11 Å². The number of carbonyl (C=O) groups is 1. The van der Waals surface area contributed by atoms with Crippen LogP contribution in [0.5, 0.6) is 0 Å². The van der Waals surface area contributed by atoms with Crippen LogP contribution in [0.3, 0.4) is 0 Å². The molecule has 0 aliphatic carbocycles. The summed E-state index contributed by atoms with van der Waals surface area (Å²) in [4.78, 5) is 16.2. The highest BCUT2D eigenvalue weighted by molar-refractivity contribution is 5.95. The third kappa shape index (κ3) is 3.33. The van der Waals surface area contributed by atoms with Gasteiger partial charge in [-0.2, -0.15) is 0 Å². The van der Waals surface area contributed by atoms with Crippen molar-refractivity contribution in [1.82, 2.24) is 4.90 Å². The van der Waals surface area contributed by atoms with E-state index in [9.17, 15) is 4.79 Å². The van der Waals surface area contributed by atoms with Gasteiger partial charge in [-0.3, -0.25) is 9.69 Å². The molecular formula is C20H28N2O3. The number of benzene rings is 1. The predicted octanol–water partition coefficient (Wildman–Crippen LogP) is 2.58. The van der Waals surface area contributed by atoms with Gasteiger partial charge in [-0.05, 0) is 43.4 Å². The standard InChI is InChI=1S/C20H28N2O3/c1-24-18-15-21(12-10-20(18)9-3-13-25-20)14-16-5-7-17(8-6-16)22-11-2-4-19(22)23/h5-8,18H,2-4,9-15H2,1H3/t18-,20-/m0/s1. The van der Waals surface area contributed by atoms with Crippen LogP contribution in [0.4, 0.5) is 5.69 Å². The second-order valence-corrected chi connectivity index (χ2v) is 7.54. The second kappa shape index (κ2) is 7.06. The molecule has 3 fully saturated rings. The lowest BCUT2D eigenvalue weighted by molar-refractivity contribution is -0.143. The van der Waals surface area contributed by atoms with Gasteiger partial charge in [0.15, 0.2) is 0 Å². The van der Waals surface area contributed by atoms with E-state index < -0.39 is 0 Å². The van der Waals surface area contributed by atoms with Crippen molar-refractivity contribution in [2.45, 2.75) is 50.4 Å². The summed E-state index contributed by atoms with van der Waals surface area (Å²) in [5.41, 5.74) is 2.26. The molecule has 2 atom stereocenters. The number of nitrogens with zero attached hydrogens (tertiary/aromatic N) is 2. The van der Waals surface area contributed by atoms with Crippen LogP contribution in [-0.2, 0) is 20.8 Å². The van der Waals surface area contributed by atoms with Crippen LogP contribution in [0.2, 0.25) is 0 Å². The Kier molecular flexibility index (Phi) is 4.80. The van der Waals surface area contributed by atoms with Crippen LogP contribution in [0, 0.1) is 0 Å². The fraction of sp³-hybridized carbons (Fsp3) is 0.650. The topological polar surface area (TPSA) is 42.0 Å². The number of likely N-dealkylation sites (tertiary alicyclic amines) is 1. The van der Waals surface area contributed by atoms with E-state index in [4.69, 9.17) is 9.47 Å². The summed E-state index contributed by atoms with van der Waals surface area (Å²) in [7, 11) is 1.81. The maximum absolute atomic E-state index is 11.9. The van der Waals surface area contributed by atoms with Crippen molar-refractivity contribution < 1.29 is 14.3 Å². The number of hydrogen-bond donors (Lipinski definition) is 0. The Balaban J connectivity index is 1.38. The van der Waals surface area contributed by atoms with E-state index in [0.29, 0.717) is 6.42 Å². The largest absolute Gasteiger partial charge is 0.377 e. The van der Waals surface area contributed by atoms with Crippen LogP contribution >= 0.6 is 0 Å². The zero-order chi connectivity index (χ0) is 17.3. The highest BCUT2D eigenvalue weighted by atomic mass is 16.5. The van der Waals surface area contributed by atoms with Gasteiger partial charge in [0.25, 0.3) is 0 Å². The van der Waals surface area contributed by atoms with E-state index in [2.05, 4.69) is 29.2 Å². The van der Waals surface area contributed by atoms with Crippen LogP contribution in [0.25, 0.3) is 0 Å². The minimum atomic E-state index is -0.0504. The molecule has 1 spiro atoms. The monoisotopic (exact) mass is 344 g/mol. The van der Waals surface area contributed by atoms with Gasteiger partial charge in [0, 0.05) is 52.0 Å². The van der Waals surface area contributed by atoms with Crippen molar-refractivity contribution in [2.24, 2.45) is 0 Å². The van der Waals surface area contributed by atoms with Gasteiger partial charge >= 0.3 is 0 Å². The number of rotatable bonds is 4. The van der Waals surface area contributed by atoms with E-state index in [1.165, 1.54) is 5.56 Å². The smallest absolute Gasteiger partial charge is 0.227 e. The molecule has 0 saturated carbocycles. The van der Waals surface area contributed by atoms with Crippen molar-refractivity contribution in [2.75, 3.05) is 38.3 Å². The summed E-state index contributed by atoms with van der Waals surface area (Å²) in [6.07, 6.45) is 5.12. The van der Waals surface area contributed by atoms with Crippen LogP contribution in [0.1, 0.15) is 37.7 Å². The average molecular weight is 344 g/mol.